The molecule has 0 aliphatic carbocycles. The normalized spacial score (nSPS) is 24.2. The standard InChI is InChI=1S/C18H29N5O2/c1-4-5-14-12-23(13-16(14)21(2)3)17(24)15-10-19-18(20-11-15)22-6-8-25-9-7-22/h10-11,14,16H,4-9,12-13H2,1-3H3/t14-,16-/m1/s1. The van der Waals surface area contributed by atoms with Crippen LogP contribution in [0.2, 0.25) is 0 Å². The van der Waals surface area contributed by atoms with Crippen molar-refractivity contribution in [1.82, 2.24) is 19.8 Å². The maximum atomic E-state index is 12.8. The van der Waals surface area contributed by atoms with Gasteiger partial charge in [-0.15, -0.1) is 0 Å². The van der Waals surface area contributed by atoms with E-state index in [0.717, 1.165) is 39.0 Å². The van der Waals surface area contributed by atoms with Crippen LogP contribution in [0.1, 0.15) is 30.1 Å². The summed E-state index contributed by atoms with van der Waals surface area (Å²) in [5.41, 5.74) is 0.576. The van der Waals surface area contributed by atoms with Crippen LogP contribution in [0.25, 0.3) is 0 Å². The molecule has 0 bridgehead atoms. The zero-order valence-electron chi connectivity index (χ0n) is 15.5. The summed E-state index contributed by atoms with van der Waals surface area (Å²) in [5, 5.41) is 0. The van der Waals surface area contributed by atoms with Gasteiger partial charge in [-0.05, 0) is 26.4 Å². The molecule has 3 heterocycles. The monoisotopic (exact) mass is 347 g/mol. The van der Waals surface area contributed by atoms with Gasteiger partial charge in [-0.25, -0.2) is 9.97 Å². The van der Waals surface area contributed by atoms with Gasteiger partial charge in [0.1, 0.15) is 0 Å². The van der Waals surface area contributed by atoms with E-state index in [1.165, 1.54) is 0 Å². The number of carbonyl (C=O) groups excluding carboxylic acids is 1. The molecule has 2 fully saturated rings. The Morgan fingerprint density at radius 2 is 1.92 bits per heavy atom. The number of carbonyl (C=O) groups is 1. The van der Waals surface area contributed by atoms with Gasteiger partial charge in [-0.3, -0.25) is 4.79 Å². The van der Waals surface area contributed by atoms with Crippen LogP contribution in [-0.4, -0.2) is 85.2 Å². The molecule has 7 heteroatoms. The zero-order chi connectivity index (χ0) is 17.8. The van der Waals surface area contributed by atoms with Crippen LogP contribution < -0.4 is 4.90 Å². The SMILES string of the molecule is CCC[C@@H]1CN(C(=O)c2cnc(N3CCOCC3)nc2)C[C@H]1N(C)C. The first-order valence-electron chi connectivity index (χ1n) is 9.20. The van der Waals surface area contributed by atoms with Gasteiger partial charge in [0, 0.05) is 44.6 Å². The van der Waals surface area contributed by atoms with Crippen molar-refractivity contribution < 1.29 is 9.53 Å². The minimum absolute atomic E-state index is 0.0407. The number of anilines is 1. The number of rotatable bonds is 5. The highest BCUT2D eigenvalue weighted by molar-refractivity contribution is 5.94. The summed E-state index contributed by atoms with van der Waals surface area (Å²) in [6, 6.07) is 0.428. The van der Waals surface area contributed by atoms with Crippen molar-refractivity contribution in [2.24, 2.45) is 5.92 Å². The van der Waals surface area contributed by atoms with Crippen molar-refractivity contribution >= 4 is 11.9 Å². The summed E-state index contributed by atoms with van der Waals surface area (Å²) in [4.78, 5) is 27.9. The number of aromatic nitrogens is 2. The van der Waals surface area contributed by atoms with Crippen LogP contribution in [0.4, 0.5) is 5.95 Å². The highest BCUT2D eigenvalue weighted by atomic mass is 16.5. The summed E-state index contributed by atoms with van der Waals surface area (Å²) in [5.74, 6) is 1.26. The molecule has 0 radical (unpaired) electrons. The number of nitrogens with zero attached hydrogens (tertiary/aromatic N) is 5. The molecular formula is C18H29N5O2. The highest BCUT2D eigenvalue weighted by Gasteiger charge is 2.36. The number of amides is 1. The molecule has 1 aromatic rings. The van der Waals surface area contributed by atoms with Gasteiger partial charge in [-0.2, -0.15) is 0 Å². The van der Waals surface area contributed by atoms with E-state index in [2.05, 4.69) is 40.8 Å². The number of likely N-dealkylation sites (N-methyl/N-ethyl adjacent to an activating group) is 1. The van der Waals surface area contributed by atoms with Crippen molar-refractivity contribution in [2.75, 3.05) is 58.4 Å². The molecule has 1 aromatic heterocycles. The van der Waals surface area contributed by atoms with Gasteiger partial charge in [0.2, 0.25) is 5.95 Å². The molecule has 0 N–H and O–H groups in total. The molecule has 3 rings (SSSR count). The van der Waals surface area contributed by atoms with Gasteiger partial charge in [0.25, 0.3) is 5.91 Å². The Balaban J connectivity index is 1.66. The Morgan fingerprint density at radius 3 is 2.52 bits per heavy atom. The highest BCUT2D eigenvalue weighted by Crippen LogP contribution is 2.26. The number of hydrogen-bond donors (Lipinski definition) is 0. The van der Waals surface area contributed by atoms with Crippen LogP contribution in [0, 0.1) is 5.92 Å². The topological polar surface area (TPSA) is 61.8 Å². The van der Waals surface area contributed by atoms with E-state index in [9.17, 15) is 4.79 Å². The molecule has 2 aliphatic heterocycles. The molecule has 0 unspecified atom stereocenters. The third kappa shape index (κ3) is 4.10. The Morgan fingerprint density at radius 1 is 1.24 bits per heavy atom. The number of likely N-dealkylation sites (tertiary alicyclic amines) is 1. The van der Waals surface area contributed by atoms with Crippen LogP contribution in [0.5, 0.6) is 0 Å². The quantitative estimate of drug-likeness (QED) is 0.795. The molecule has 0 spiro atoms. The van der Waals surface area contributed by atoms with E-state index in [4.69, 9.17) is 4.74 Å². The van der Waals surface area contributed by atoms with E-state index in [-0.39, 0.29) is 5.91 Å². The third-order valence-electron chi connectivity index (χ3n) is 5.20. The van der Waals surface area contributed by atoms with E-state index in [1.807, 2.05) is 4.90 Å². The van der Waals surface area contributed by atoms with Crippen LogP contribution in [0.3, 0.4) is 0 Å². The largest absolute Gasteiger partial charge is 0.378 e. The summed E-state index contributed by atoms with van der Waals surface area (Å²) in [6.07, 6.45) is 5.63. The molecule has 138 valence electrons. The van der Waals surface area contributed by atoms with Crippen molar-refractivity contribution in [3.8, 4) is 0 Å². The van der Waals surface area contributed by atoms with Gasteiger partial charge < -0.3 is 19.4 Å². The number of hydrogen-bond acceptors (Lipinski definition) is 6. The minimum atomic E-state index is 0.0407. The fourth-order valence-corrected chi connectivity index (χ4v) is 3.80. The second-order valence-electron chi connectivity index (χ2n) is 7.16. The maximum Gasteiger partial charge on any atom is 0.257 e. The fourth-order valence-electron chi connectivity index (χ4n) is 3.80. The number of ether oxygens (including phenoxy) is 1. The zero-order valence-corrected chi connectivity index (χ0v) is 15.5. The fraction of sp³-hybridized carbons (Fsp3) is 0.722. The van der Waals surface area contributed by atoms with Crippen LogP contribution >= 0.6 is 0 Å². The average Bonchev–Trinajstić information content (AvgIpc) is 3.07. The molecule has 0 aromatic carbocycles. The molecule has 25 heavy (non-hydrogen) atoms. The van der Waals surface area contributed by atoms with E-state index < -0.39 is 0 Å². The molecular weight excluding hydrogens is 318 g/mol. The molecule has 1 amide bonds. The van der Waals surface area contributed by atoms with Crippen LogP contribution in [-0.2, 0) is 4.74 Å². The predicted molar refractivity (Wildman–Crippen MR) is 96.8 cm³/mol. The average molecular weight is 347 g/mol. The van der Waals surface area contributed by atoms with Crippen molar-refractivity contribution in [3.63, 3.8) is 0 Å². The van der Waals surface area contributed by atoms with Gasteiger partial charge in [0.05, 0.1) is 18.8 Å². The summed E-state index contributed by atoms with van der Waals surface area (Å²) < 4.78 is 5.35. The molecule has 2 atom stereocenters. The Kier molecular flexibility index (Phi) is 5.86. The lowest BCUT2D eigenvalue weighted by Gasteiger charge is -2.26. The number of morpholine rings is 1. The van der Waals surface area contributed by atoms with E-state index in [1.54, 1.807) is 12.4 Å². The summed E-state index contributed by atoms with van der Waals surface area (Å²) in [7, 11) is 4.20. The Bertz CT molecular complexity index is 571. The van der Waals surface area contributed by atoms with E-state index >= 15 is 0 Å². The second-order valence-corrected chi connectivity index (χ2v) is 7.16. The first-order chi connectivity index (χ1) is 12.1. The van der Waals surface area contributed by atoms with Crippen molar-refractivity contribution in [1.29, 1.82) is 0 Å². The third-order valence-corrected chi connectivity index (χ3v) is 5.20. The lowest BCUT2D eigenvalue weighted by atomic mass is 9.98. The molecule has 0 saturated carbocycles. The summed E-state index contributed by atoms with van der Waals surface area (Å²) >= 11 is 0. The minimum Gasteiger partial charge on any atom is -0.378 e. The predicted octanol–water partition coefficient (Wildman–Crippen LogP) is 1.12. The van der Waals surface area contributed by atoms with Gasteiger partial charge >= 0.3 is 0 Å². The van der Waals surface area contributed by atoms with Crippen molar-refractivity contribution in [3.05, 3.63) is 18.0 Å². The Hall–Kier alpha value is -1.73. The van der Waals surface area contributed by atoms with Crippen molar-refractivity contribution in [2.45, 2.75) is 25.8 Å². The maximum absolute atomic E-state index is 12.8. The lowest BCUT2D eigenvalue weighted by molar-refractivity contribution is 0.0780. The van der Waals surface area contributed by atoms with E-state index in [0.29, 0.717) is 36.7 Å². The molecule has 2 aliphatic rings. The summed E-state index contributed by atoms with van der Waals surface area (Å²) in [6.45, 7) is 6.79. The van der Waals surface area contributed by atoms with Gasteiger partial charge in [0.15, 0.2) is 0 Å². The molecule has 7 nitrogen and oxygen atoms in total. The lowest BCUT2D eigenvalue weighted by Crippen LogP contribution is -2.37. The molecule has 2 saturated heterocycles. The van der Waals surface area contributed by atoms with Crippen LogP contribution in [0.15, 0.2) is 12.4 Å². The first-order valence-corrected chi connectivity index (χ1v) is 9.20. The second kappa shape index (κ2) is 8.10. The Labute approximate surface area is 150 Å². The van der Waals surface area contributed by atoms with Gasteiger partial charge in [-0.1, -0.05) is 13.3 Å². The first kappa shape index (κ1) is 18.1. The smallest absolute Gasteiger partial charge is 0.257 e.